The Bertz CT molecular complexity index is 349. The van der Waals surface area contributed by atoms with Gasteiger partial charge < -0.3 is 10.6 Å². The number of rotatable bonds is 7. The van der Waals surface area contributed by atoms with E-state index in [1.807, 2.05) is 30.3 Å². The second kappa shape index (κ2) is 7.88. The molecule has 0 aliphatic rings. The summed E-state index contributed by atoms with van der Waals surface area (Å²) in [4.78, 5) is 11.6. The first-order valence-electron chi connectivity index (χ1n) is 6.61. The largest absolute Gasteiger partial charge is 0.351 e. The van der Waals surface area contributed by atoms with Gasteiger partial charge in [0.1, 0.15) is 0 Å². The first-order valence-corrected chi connectivity index (χ1v) is 6.61. The minimum atomic E-state index is 0.0507. The molecule has 18 heavy (non-hydrogen) atoms. The predicted octanol–water partition coefficient (Wildman–Crippen LogP) is 2.18. The molecule has 0 saturated heterocycles. The van der Waals surface area contributed by atoms with Gasteiger partial charge in [0.05, 0.1) is 6.54 Å². The average molecular weight is 248 g/mol. The molecule has 0 fully saturated rings. The summed E-state index contributed by atoms with van der Waals surface area (Å²) in [6.07, 6.45) is 0. The predicted molar refractivity (Wildman–Crippen MR) is 75.2 cm³/mol. The van der Waals surface area contributed by atoms with Crippen LogP contribution in [0.4, 0.5) is 0 Å². The van der Waals surface area contributed by atoms with Crippen LogP contribution in [0, 0.1) is 11.8 Å². The van der Waals surface area contributed by atoms with E-state index >= 15 is 0 Å². The number of amides is 1. The third-order valence-corrected chi connectivity index (χ3v) is 3.22. The van der Waals surface area contributed by atoms with Crippen LogP contribution in [0.5, 0.6) is 0 Å². The van der Waals surface area contributed by atoms with Crippen molar-refractivity contribution in [1.82, 2.24) is 10.6 Å². The van der Waals surface area contributed by atoms with Crippen LogP contribution in [-0.2, 0) is 11.3 Å². The van der Waals surface area contributed by atoms with Gasteiger partial charge in [-0.3, -0.25) is 4.79 Å². The Morgan fingerprint density at radius 2 is 1.83 bits per heavy atom. The lowest BCUT2D eigenvalue weighted by molar-refractivity contribution is -0.120. The van der Waals surface area contributed by atoms with E-state index in [0.717, 1.165) is 12.1 Å². The average Bonchev–Trinajstić information content (AvgIpc) is 2.37. The van der Waals surface area contributed by atoms with Gasteiger partial charge in [0.25, 0.3) is 0 Å². The molecule has 1 aromatic rings. The second-order valence-corrected chi connectivity index (χ2v) is 5.11. The minimum absolute atomic E-state index is 0.0507. The van der Waals surface area contributed by atoms with Crippen molar-refractivity contribution in [1.29, 1.82) is 0 Å². The van der Waals surface area contributed by atoms with Crippen molar-refractivity contribution in [3.8, 4) is 0 Å². The smallest absolute Gasteiger partial charge is 0.234 e. The van der Waals surface area contributed by atoms with Gasteiger partial charge in [-0.2, -0.15) is 0 Å². The quantitative estimate of drug-likeness (QED) is 0.776. The van der Waals surface area contributed by atoms with E-state index in [0.29, 0.717) is 24.9 Å². The Balaban J connectivity index is 2.15. The molecule has 100 valence electrons. The molecule has 0 saturated carbocycles. The summed E-state index contributed by atoms with van der Waals surface area (Å²) >= 11 is 0. The molecular formula is C15H24N2O. The highest BCUT2D eigenvalue weighted by atomic mass is 16.1. The van der Waals surface area contributed by atoms with Crippen molar-refractivity contribution < 1.29 is 4.79 Å². The van der Waals surface area contributed by atoms with Gasteiger partial charge in [-0.25, -0.2) is 0 Å². The van der Waals surface area contributed by atoms with Gasteiger partial charge in [0.2, 0.25) is 5.91 Å². The molecule has 1 aromatic carbocycles. The van der Waals surface area contributed by atoms with Gasteiger partial charge in [-0.05, 0) is 23.9 Å². The molecule has 3 heteroatoms. The Hall–Kier alpha value is -1.35. The molecular weight excluding hydrogens is 224 g/mol. The lowest BCUT2D eigenvalue weighted by atomic mass is 9.98. The summed E-state index contributed by atoms with van der Waals surface area (Å²) in [5, 5.41) is 6.09. The second-order valence-electron chi connectivity index (χ2n) is 5.11. The lowest BCUT2D eigenvalue weighted by Crippen LogP contribution is -2.36. The summed E-state index contributed by atoms with van der Waals surface area (Å²) in [7, 11) is 0. The maximum atomic E-state index is 11.6. The van der Waals surface area contributed by atoms with E-state index in [4.69, 9.17) is 0 Å². The third kappa shape index (κ3) is 5.82. The Kier molecular flexibility index (Phi) is 6.44. The summed E-state index contributed by atoms with van der Waals surface area (Å²) in [5.74, 6) is 1.28. The number of hydrogen-bond donors (Lipinski definition) is 2. The Labute approximate surface area is 110 Å². The van der Waals surface area contributed by atoms with Crippen molar-refractivity contribution in [2.45, 2.75) is 27.3 Å². The number of nitrogens with one attached hydrogen (secondary N) is 2. The van der Waals surface area contributed by atoms with Crippen LogP contribution in [0.3, 0.4) is 0 Å². The normalized spacial score (nSPS) is 12.4. The molecule has 3 nitrogen and oxygen atoms in total. The van der Waals surface area contributed by atoms with E-state index < -0.39 is 0 Å². The van der Waals surface area contributed by atoms with E-state index in [9.17, 15) is 4.79 Å². The van der Waals surface area contributed by atoms with Crippen LogP contribution < -0.4 is 10.6 Å². The number of carbonyl (C=O) groups is 1. The fraction of sp³-hybridized carbons (Fsp3) is 0.533. The van der Waals surface area contributed by atoms with Gasteiger partial charge in [0, 0.05) is 6.54 Å². The summed E-state index contributed by atoms with van der Waals surface area (Å²) in [6, 6.07) is 9.94. The summed E-state index contributed by atoms with van der Waals surface area (Å²) in [5.41, 5.74) is 1.13. The Morgan fingerprint density at radius 1 is 1.17 bits per heavy atom. The molecule has 0 spiro atoms. The van der Waals surface area contributed by atoms with Crippen molar-refractivity contribution in [3.63, 3.8) is 0 Å². The van der Waals surface area contributed by atoms with Crippen LogP contribution >= 0.6 is 0 Å². The molecule has 1 unspecified atom stereocenters. The van der Waals surface area contributed by atoms with E-state index in [1.54, 1.807) is 0 Å². The van der Waals surface area contributed by atoms with Crippen molar-refractivity contribution in [2.75, 3.05) is 13.1 Å². The fourth-order valence-corrected chi connectivity index (χ4v) is 1.51. The maximum Gasteiger partial charge on any atom is 0.234 e. The highest BCUT2D eigenvalue weighted by Crippen LogP contribution is 2.07. The van der Waals surface area contributed by atoms with Crippen molar-refractivity contribution >= 4 is 5.91 Å². The van der Waals surface area contributed by atoms with Crippen molar-refractivity contribution in [3.05, 3.63) is 35.9 Å². The summed E-state index contributed by atoms with van der Waals surface area (Å²) < 4.78 is 0. The topological polar surface area (TPSA) is 41.1 Å². The molecule has 0 radical (unpaired) electrons. The monoisotopic (exact) mass is 248 g/mol. The molecule has 0 bridgehead atoms. The van der Waals surface area contributed by atoms with Crippen molar-refractivity contribution in [2.24, 2.45) is 11.8 Å². The minimum Gasteiger partial charge on any atom is -0.351 e. The van der Waals surface area contributed by atoms with E-state index in [1.165, 1.54) is 0 Å². The van der Waals surface area contributed by atoms with Crippen LogP contribution in [0.15, 0.2) is 30.3 Å². The molecule has 1 atom stereocenters. The molecule has 0 aromatic heterocycles. The molecule has 2 N–H and O–H groups in total. The van der Waals surface area contributed by atoms with Crippen LogP contribution in [0.2, 0.25) is 0 Å². The molecule has 1 rings (SSSR count). The third-order valence-electron chi connectivity index (χ3n) is 3.22. The van der Waals surface area contributed by atoms with Crippen LogP contribution in [0.1, 0.15) is 26.3 Å². The molecule has 0 aliphatic heterocycles. The fourth-order valence-electron chi connectivity index (χ4n) is 1.51. The molecule has 0 aliphatic carbocycles. The van der Waals surface area contributed by atoms with Crippen LogP contribution in [-0.4, -0.2) is 19.0 Å². The van der Waals surface area contributed by atoms with Gasteiger partial charge >= 0.3 is 0 Å². The van der Waals surface area contributed by atoms with E-state index in [-0.39, 0.29) is 5.91 Å². The highest BCUT2D eigenvalue weighted by Gasteiger charge is 2.07. The maximum absolute atomic E-state index is 11.6. The van der Waals surface area contributed by atoms with Gasteiger partial charge in [-0.15, -0.1) is 0 Å². The Morgan fingerprint density at radius 3 is 2.44 bits per heavy atom. The zero-order valence-corrected chi connectivity index (χ0v) is 11.6. The highest BCUT2D eigenvalue weighted by molar-refractivity contribution is 5.77. The van der Waals surface area contributed by atoms with Gasteiger partial charge in [-0.1, -0.05) is 51.1 Å². The first-order chi connectivity index (χ1) is 8.59. The number of hydrogen-bond acceptors (Lipinski definition) is 2. The zero-order chi connectivity index (χ0) is 13.4. The first kappa shape index (κ1) is 14.7. The van der Waals surface area contributed by atoms with Gasteiger partial charge in [0.15, 0.2) is 0 Å². The standard InChI is InChI=1S/C15H24N2O/c1-12(2)13(3)9-16-11-15(18)17-10-14-7-5-4-6-8-14/h4-8,12-13,16H,9-11H2,1-3H3,(H,17,18). The number of benzene rings is 1. The lowest BCUT2D eigenvalue weighted by Gasteiger charge is -2.15. The van der Waals surface area contributed by atoms with E-state index in [2.05, 4.69) is 31.4 Å². The summed E-state index contributed by atoms with van der Waals surface area (Å²) in [6.45, 7) is 8.46. The molecule has 0 heterocycles. The zero-order valence-electron chi connectivity index (χ0n) is 11.6. The molecule has 1 amide bonds. The van der Waals surface area contributed by atoms with Crippen LogP contribution in [0.25, 0.3) is 0 Å². The number of carbonyl (C=O) groups excluding carboxylic acids is 1. The SMILES string of the molecule is CC(C)C(C)CNCC(=O)NCc1ccccc1.